The van der Waals surface area contributed by atoms with Crippen LogP contribution in [0.15, 0.2) is 42.5 Å². The zero-order chi connectivity index (χ0) is 19.1. The molecule has 0 saturated carbocycles. The van der Waals surface area contributed by atoms with Gasteiger partial charge >= 0.3 is 5.97 Å². The molecule has 0 aromatic heterocycles. The molecular weight excluding hydrogens is 359 g/mol. The zero-order valence-corrected chi connectivity index (χ0v) is 14.8. The number of carbonyl (C=O) groups excluding carboxylic acids is 2. The van der Waals surface area contributed by atoms with Crippen molar-refractivity contribution in [3.63, 3.8) is 0 Å². The molecule has 0 spiro atoms. The first-order valence-electron chi connectivity index (χ1n) is 7.78. The maximum absolute atomic E-state index is 13.7. The van der Waals surface area contributed by atoms with Crippen LogP contribution >= 0.6 is 11.6 Å². The predicted molar refractivity (Wildman–Crippen MR) is 95.5 cm³/mol. The summed E-state index contributed by atoms with van der Waals surface area (Å²) in [7, 11) is 0. The fourth-order valence-electron chi connectivity index (χ4n) is 2.22. The molecule has 0 aliphatic heterocycles. The van der Waals surface area contributed by atoms with Gasteiger partial charge in [-0.15, -0.1) is 0 Å². The Hall–Kier alpha value is -2.91. The molecule has 0 unspecified atom stereocenters. The van der Waals surface area contributed by atoms with Gasteiger partial charge in [-0.2, -0.15) is 5.26 Å². The monoisotopic (exact) mass is 374 g/mol. The third-order valence-corrected chi connectivity index (χ3v) is 3.81. The average Bonchev–Trinajstić information content (AvgIpc) is 2.61. The molecule has 0 heterocycles. The van der Waals surface area contributed by atoms with Crippen molar-refractivity contribution >= 4 is 29.2 Å². The van der Waals surface area contributed by atoms with E-state index in [0.29, 0.717) is 5.69 Å². The highest BCUT2D eigenvalue weighted by Crippen LogP contribution is 2.17. The molecule has 1 amide bonds. The molecule has 0 bridgehead atoms. The number of hydrogen-bond donors (Lipinski definition) is 0. The first-order valence-corrected chi connectivity index (χ1v) is 8.16. The highest BCUT2D eigenvalue weighted by Gasteiger charge is 2.19. The van der Waals surface area contributed by atoms with E-state index in [1.807, 2.05) is 25.1 Å². The molecule has 2 rings (SSSR count). The van der Waals surface area contributed by atoms with E-state index in [-0.39, 0.29) is 23.6 Å². The summed E-state index contributed by atoms with van der Waals surface area (Å²) < 4.78 is 18.7. The fraction of sp³-hybridized carbons (Fsp3) is 0.211. The number of esters is 1. The molecular formula is C19H16ClFN2O3. The maximum Gasteiger partial charge on any atom is 0.341 e. The van der Waals surface area contributed by atoms with Crippen molar-refractivity contribution in [2.24, 2.45) is 0 Å². The van der Waals surface area contributed by atoms with E-state index in [0.717, 1.165) is 11.6 Å². The van der Waals surface area contributed by atoms with Crippen LogP contribution in [-0.4, -0.2) is 25.0 Å². The number of ether oxygens (including phenoxy) is 1. The van der Waals surface area contributed by atoms with Crippen molar-refractivity contribution in [3.05, 3.63) is 64.4 Å². The fourth-order valence-corrected chi connectivity index (χ4v) is 2.38. The topological polar surface area (TPSA) is 70.4 Å². The van der Waals surface area contributed by atoms with Gasteiger partial charge in [-0.25, -0.2) is 9.18 Å². The Kier molecular flexibility index (Phi) is 6.70. The third kappa shape index (κ3) is 5.04. The summed E-state index contributed by atoms with van der Waals surface area (Å²) in [5, 5.41) is 8.93. The van der Waals surface area contributed by atoms with Gasteiger partial charge in [-0.3, -0.25) is 4.79 Å². The number of aryl methyl sites for hydroxylation is 1. The molecule has 0 fully saturated rings. The van der Waals surface area contributed by atoms with E-state index in [1.165, 1.54) is 17.0 Å². The van der Waals surface area contributed by atoms with Crippen LogP contribution in [0, 0.1) is 24.1 Å². The van der Waals surface area contributed by atoms with E-state index in [2.05, 4.69) is 0 Å². The molecule has 0 radical (unpaired) electrons. The molecule has 26 heavy (non-hydrogen) atoms. The van der Waals surface area contributed by atoms with Gasteiger partial charge in [0, 0.05) is 17.3 Å². The molecule has 0 aliphatic carbocycles. The van der Waals surface area contributed by atoms with Crippen LogP contribution in [0.2, 0.25) is 5.02 Å². The number of nitriles is 1. The second-order valence-corrected chi connectivity index (χ2v) is 5.93. The van der Waals surface area contributed by atoms with Gasteiger partial charge in [0.25, 0.3) is 5.91 Å². The van der Waals surface area contributed by atoms with Gasteiger partial charge in [0.15, 0.2) is 6.61 Å². The lowest BCUT2D eigenvalue weighted by molar-refractivity contribution is -0.121. The summed E-state index contributed by atoms with van der Waals surface area (Å²) >= 11 is 5.64. The lowest BCUT2D eigenvalue weighted by atomic mass is 10.2. The number of amides is 1. The minimum Gasteiger partial charge on any atom is -0.452 e. The van der Waals surface area contributed by atoms with Crippen molar-refractivity contribution < 1.29 is 18.7 Å². The lowest BCUT2D eigenvalue weighted by Gasteiger charge is -2.21. The second-order valence-electron chi connectivity index (χ2n) is 5.49. The molecule has 5 nitrogen and oxygen atoms in total. The molecule has 0 atom stereocenters. The summed E-state index contributed by atoms with van der Waals surface area (Å²) in [5.74, 6) is -2.29. The van der Waals surface area contributed by atoms with Crippen molar-refractivity contribution in [2.75, 3.05) is 18.1 Å². The van der Waals surface area contributed by atoms with Gasteiger partial charge in [0.05, 0.1) is 18.1 Å². The molecule has 2 aromatic rings. The van der Waals surface area contributed by atoms with Gasteiger partial charge in [0.1, 0.15) is 5.82 Å². The van der Waals surface area contributed by atoms with E-state index in [9.17, 15) is 14.0 Å². The van der Waals surface area contributed by atoms with Crippen LogP contribution in [0.5, 0.6) is 0 Å². The number of nitrogens with zero attached hydrogens (tertiary/aromatic N) is 2. The Bertz CT molecular complexity index is 847. The van der Waals surface area contributed by atoms with Crippen LogP contribution in [0.1, 0.15) is 22.3 Å². The Morgan fingerprint density at radius 1 is 1.23 bits per heavy atom. The van der Waals surface area contributed by atoms with Crippen molar-refractivity contribution in [3.8, 4) is 6.07 Å². The zero-order valence-electron chi connectivity index (χ0n) is 14.0. The number of anilines is 1. The van der Waals surface area contributed by atoms with Crippen LogP contribution in [0.4, 0.5) is 10.1 Å². The highest BCUT2D eigenvalue weighted by atomic mass is 35.5. The van der Waals surface area contributed by atoms with Gasteiger partial charge < -0.3 is 9.64 Å². The standard InChI is InChI=1S/C19H16ClFN2O3/c1-13-3-6-15(7-4-13)23(10-2-9-22)18(24)12-26-19(25)16-8-5-14(20)11-17(16)21/h3-8,11H,2,10,12H2,1H3. The quantitative estimate of drug-likeness (QED) is 0.719. The summed E-state index contributed by atoms with van der Waals surface area (Å²) in [6, 6.07) is 12.7. The number of halogens is 2. The minimum atomic E-state index is -0.961. The minimum absolute atomic E-state index is 0.124. The number of benzene rings is 2. The van der Waals surface area contributed by atoms with E-state index in [1.54, 1.807) is 12.1 Å². The average molecular weight is 375 g/mol. The number of rotatable bonds is 6. The lowest BCUT2D eigenvalue weighted by Crippen LogP contribution is -2.35. The molecule has 0 N–H and O–H groups in total. The van der Waals surface area contributed by atoms with Gasteiger partial charge in [-0.05, 0) is 37.3 Å². The van der Waals surface area contributed by atoms with Crippen molar-refractivity contribution in [1.82, 2.24) is 0 Å². The Labute approximate surface area is 155 Å². The van der Waals surface area contributed by atoms with Gasteiger partial charge in [0.2, 0.25) is 0 Å². The molecule has 0 saturated heterocycles. The largest absolute Gasteiger partial charge is 0.452 e. The van der Waals surface area contributed by atoms with Gasteiger partial charge in [-0.1, -0.05) is 29.3 Å². The summed E-state index contributed by atoms with van der Waals surface area (Å²) in [6.45, 7) is 1.50. The van der Waals surface area contributed by atoms with Crippen molar-refractivity contribution in [2.45, 2.75) is 13.3 Å². The maximum atomic E-state index is 13.7. The smallest absolute Gasteiger partial charge is 0.341 e. The Morgan fingerprint density at radius 2 is 1.92 bits per heavy atom. The van der Waals surface area contributed by atoms with Crippen LogP contribution in [0.25, 0.3) is 0 Å². The van der Waals surface area contributed by atoms with Crippen LogP contribution < -0.4 is 4.90 Å². The normalized spacial score (nSPS) is 10.1. The second kappa shape index (κ2) is 8.97. The van der Waals surface area contributed by atoms with Crippen LogP contribution in [-0.2, 0) is 9.53 Å². The van der Waals surface area contributed by atoms with Crippen molar-refractivity contribution in [1.29, 1.82) is 5.26 Å². The third-order valence-electron chi connectivity index (χ3n) is 3.57. The number of hydrogen-bond acceptors (Lipinski definition) is 4. The van der Waals surface area contributed by atoms with Crippen LogP contribution in [0.3, 0.4) is 0 Å². The summed E-state index contributed by atoms with van der Waals surface area (Å²) in [6.07, 6.45) is 0.124. The first kappa shape index (κ1) is 19.4. The predicted octanol–water partition coefficient (Wildman–Crippen LogP) is 3.89. The Balaban J connectivity index is 2.07. The molecule has 134 valence electrons. The molecule has 7 heteroatoms. The Morgan fingerprint density at radius 3 is 2.54 bits per heavy atom. The first-order chi connectivity index (χ1) is 12.4. The highest BCUT2D eigenvalue weighted by molar-refractivity contribution is 6.30. The molecule has 2 aromatic carbocycles. The molecule has 0 aliphatic rings. The van der Waals surface area contributed by atoms with E-state index < -0.39 is 24.3 Å². The summed E-state index contributed by atoms with van der Waals surface area (Å²) in [4.78, 5) is 25.8. The van der Waals surface area contributed by atoms with E-state index in [4.69, 9.17) is 21.6 Å². The van der Waals surface area contributed by atoms with E-state index >= 15 is 0 Å². The number of carbonyl (C=O) groups is 2. The SMILES string of the molecule is Cc1ccc(N(CCC#N)C(=O)COC(=O)c2ccc(Cl)cc2F)cc1. The summed E-state index contributed by atoms with van der Waals surface area (Å²) in [5.41, 5.74) is 1.30.